The van der Waals surface area contributed by atoms with Crippen molar-refractivity contribution in [3.05, 3.63) is 53.6 Å². The number of nitrogens with zero attached hydrogens (tertiary/aromatic N) is 2. The van der Waals surface area contributed by atoms with E-state index in [1.54, 1.807) is 6.07 Å². The molecule has 2 aliphatic rings. The van der Waals surface area contributed by atoms with Crippen LogP contribution in [0, 0.1) is 28.6 Å². The Morgan fingerprint density at radius 2 is 1.94 bits per heavy atom. The van der Waals surface area contributed by atoms with Crippen LogP contribution in [0.3, 0.4) is 0 Å². The molecule has 1 amide bonds. The van der Waals surface area contributed by atoms with Gasteiger partial charge in [0, 0.05) is 12.7 Å². The van der Waals surface area contributed by atoms with Gasteiger partial charge in [0.15, 0.2) is 9.84 Å². The highest BCUT2D eigenvalue weighted by Gasteiger charge is 2.50. The van der Waals surface area contributed by atoms with Crippen molar-refractivity contribution in [2.45, 2.75) is 42.2 Å². The fourth-order valence-corrected chi connectivity index (χ4v) is 5.56. The summed E-state index contributed by atoms with van der Waals surface area (Å²) in [6.45, 7) is 0.864. The third kappa shape index (κ3) is 4.25. The maximum atomic E-state index is 12.8. The molecule has 2 aromatic rings. The Balaban J connectivity index is 1.47. The molecular weight excluding hydrogens is 424 g/mol. The maximum Gasteiger partial charge on any atom is 0.241 e. The summed E-state index contributed by atoms with van der Waals surface area (Å²) >= 11 is 0. The number of sulfone groups is 1. The van der Waals surface area contributed by atoms with Crippen molar-refractivity contribution >= 4 is 15.7 Å². The number of piperidine rings is 1. The highest BCUT2D eigenvalue weighted by Crippen LogP contribution is 2.40. The van der Waals surface area contributed by atoms with E-state index < -0.39 is 21.4 Å². The Kier molecular flexibility index (Phi) is 5.77. The smallest absolute Gasteiger partial charge is 0.241 e. The highest BCUT2D eigenvalue weighted by molar-refractivity contribution is 7.90. The minimum atomic E-state index is -3.53. The van der Waals surface area contributed by atoms with E-state index in [1.165, 1.54) is 12.1 Å². The molecule has 164 valence electrons. The summed E-state index contributed by atoms with van der Waals surface area (Å²) in [4.78, 5) is 12.8. The molecule has 2 fully saturated rings. The van der Waals surface area contributed by atoms with Gasteiger partial charge in [0.05, 0.1) is 22.1 Å². The molecule has 2 N–H and O–H groups in total. The van der Waals surface area contributed by atoms with Crippen LogP contribution in [0.5, 0.6) is 0 Å². The molecular formula is C24H24N4O3S. The number of carbonyl (C=O) groups is 1. The predicted octanol–water partition coefficient (Wildman–Crippen LogP) is 2.32. The van der Waals surface area contributed by atoms with Gasteiger partial charge >= 0.3 is 0 Å². The number of benzene rings is 2. The molecule has 4 rings (SSSR count). The van der Waals surface area contributed by atoms with Gasteiger partial charge in [-0.25, -0.2) is 8.42 Å². The summed E-state index contributed by atoms with van der Waals surface area (Å²) in [5.74, 6) is 0.464. The minimum Gasteiger partial charge on any atom is -0.338 e. The van der Waals surface area contributed by atoms with Crippen molar-refractivity contribution in [1.82, 2.24) is 10.6 Å². The first-order chi connectivity index (χ1) is 15.2. The molecule has 1 saturated heterocycles. The Morgan fingerprint density at radius 3 is 2.47 bits per heavy atom. The maximum absolute atomic E-state index is 12.8. The van der Waals surface area contributed by atoms with Crippen molar-refractivity contribution in [1.29, 1.82) is 10.5 Å². The van der Waals surface area contributed by atoms with E-state index in [9.17, 15) is 23.7 Å². The monoisotopic (exact) mass is 448 g/mol. The number of hydrogen-bond acceptors (Lipinski definition) is 6. The number of nitrogens with one attached hydrogen (secondary N) is 2. The second-order valence-corrected chi connectivity index (χ2v) is 10.7. The standard InChI is InChI=1S/C24H24N4O3S/c1-32(30,31)22-11-19(6-7-20(22)13-25)18-4-2-16(3-5-18)10-21(14-26)28-23(29)24-9-8-17(12-24)15-27-24/h2-7,11,17,21,27H,8-10,12,15H2,1H3,(H,28,29)/t17-,21-,24-/m0/s1. The fraction of sp³-hybridized carbons (Fsp3) is 0.375. The van der Waals surface area contributed by atoms with Crippen molar-refractivity contribution in [3.63, 3.8) is 0 Å². The lowest BCUT2D eigenvalue weighted by Gasteiger charge is -2.27. The van der Waals surface area contributed by atoms with Crippen LogP contribution in [0.1, 0.15) is 30.4 Å². The third-order valence-corrected chi connectivity index (χ3v) is 7.61. The van der Waals surface area contributed by atoms with Crippen LogP contribution >= 0.6 is 0 Å². The van der Waals surface area contributed by atoms with Gasteiger partial charge in [-0.2, -0.15) is 10.5 Å². The van der Waals surface area contributed by atoms with Crippen molar-refractivity contribution < 1.29 is 13.2 Å². The lowest BCUT2D eigenvalue weighted by atomic mass is 9.96. The second kappa shape index (κ2) is 8.38. The van der Waals surface area contributed by atoms with Crippen LogP contribution < -0.4 is 10.6 Å². The van der Waals surface area contributed by atoms with Gasteiger partial charge in [0.2, 0.25) is 5.91 Å². The van der Waals surface area contributed by atoms with E-state index in [1.807, 2.05) is 30.3 Å². The molecule has 0 unspecified atom stereocenters. The Bertz CT molecular complexity index is 1230. The molecule has 7 nitrogen and oxygen atoms in total. The summed E-state index contributed by atoms with van der Waals surface area (Å²) in [7, 11) is -3.53. The van der Waals surface area contributed by atoms with Gasteiger partial charge in [0.1, 0.15) is 12.1 Å². The van der Waals surface area contributed by atoms with Crippen molar-refractivity contribution in [2.75, 3.05) is 12.8 Å². The Labute approximate surface area is 188 Å². The van der Waals surface area contributed by atoms with Crippen LogP contribution in [-0.2, 0) is 21.1 Å². The van der Waals surface area contributed by atoms with Gasteiger partial charge < -0.3 is 10.6 Å². The normalized spacial score (nSPS) is 22.7. The first-order valence-corrected chi connectivity index (χ1v) is 12.4. The molecule has 8 heteroatoms. The van der Waals surface area contributed by atoms with Gasteiger partial charge in [0.25, 0.3) is 0 Å². The topological polar surface area (TPSA) is 123 Å². The SMILES string of the molecule is CS(=O)(=O)c1cc(-c2ccc(C[C@@H](C#N)NC(=O)[C@@]34CC[C@H](CN3)C4)cc2)ccc1C#N. The van der Waals surface area contributed by atoms with E-state index in [-0.39, 0.29) is 16.4 Å². The predicted molar refractivity (Wildman–Crippen MR) is 119 cm³/mol. The van der Waals surface area contributed by atoms with E-state index >= 15 is 0 Å². The number of fused-ring (bicyclic) bond motifs is 2. The van der Waals surface area contributed by atoms with E-state index in [0.717, 1.165) is 43.2 Å². The van der Waals surface area contributed by atoms with Gasteiger partial charge in [-0.05, 0) is 60.5 Å². The summed E-state index contributed by atoms with van der Waals surface area (Å²) < 4.78 is 24.0. The van der Waals surface area contributed by atoms with Crippen LogP contribution in [0.25, 0.3) is 11.1 Å². The largest absolute Gasteiger partial charge is 0.338 e. The molecule has 1 aliphatic carbocycles. The average Bonchev–Trinajstić information content (AvgIpc) is 3.41. The Hall–Kier alpha value is -3.20. The molecule has 1 heterocycles. The van der Waals surface area contributed by atoms with E-state index in [2.05, 4.69) is 16.7 Å². The molecule has 1 aliphatic heterocycles. The van der Waals surface area contributed by atoms with Crippen molar-refractivity contribution in [3.8, 4) is 23.3 Å². The summed E-state index contributed by atoms with van der Waals surface area (Å²) in [6.07, 6.45) is 4.17. The average molecular weight is 449 g/mol. The number of hydrogen-bond donors (Lipinski definition) is 2. The summed E-state index contributed by atoms with van der Waals surface area (Å²) in [5.41, 5.74) is 1.97. The van der Waals surface area contributed by atoms with E-state index in [4.69, 9.17) is 0 Å². The molecule has 0 radical (unpaired) electrons. The molecule has 2 aromatic carbocycles. The Morgan fingerprint density at radius 1 is 1.22 bits per heavy atom. The fourth-order valence-electron chi connectivity index (χ4n) is 4.70. The molecule has 0 spiro atoms. The van der Waals surface area contributed by atoms with Gasteiger partial charge in [-0.15, -0.1) is 0 Å². The van der Waals surface area contributed by atoms with Crippen LogP contribution in [0.4, 0.5) is 0 Å². The molecule has 0 aromatic heterocycles. The first-order valence-electron chi connectivity index (χ1n) is 10.5. The third-order valence-electron chi connectivity index (χ3n) is 6.47. The summed E-state index contributed by atoms with van der Waals surface area (Å²) in [6, 6.07) is 15.6. The van der Waals surface area contributed by atoms with Crippen LogP contribution in [0.2, 0.25) is 0 Å². The minimum absolute atomic E-state index is 0.00267. The molecule has 32 heavy (non-hydrogen) atoms. The quantitative estimate of drug-likeness (QED) is 0.699. The van der Waals surface area contributed by atoms with Gasteiger partial charge in [-0.1, -0.05) is 30.3 Å². The van der Waals surface area contributed by atoms with Crippen LogP contribution in [0.15, 0.2) is 47.4 Å². The second-order valence-electron chi connectivity index (χ2n) is 8.72. The van der Waals surface area contributed by atoms with E-state index in [0.29, 0.717) is 17.9 Å². The number of carbonyl (C=O) groups excluding carboxylic acids is 1. The molecule has 3 atom stereocenters. The lowest BCUT2D eigenvalue weighted by Crippen LogP contribution is -2.55. The lowest BCUT2D eigenvalue weighted by molar-refractivity contribution is -0.127. The zero-order chi connectivity index (χ0) is 22.9. The molecule has 1 saturated carbocycles. The zero-order valence-electron chi connectivity index (χ0n) is 17.8. The van der Waals surface area contributed by atoms with Gasteiger partial charge in [-0.3, -0.25) is 4.79 Å². The molecule has 2 bridgehead atoms. The van der Waals surface area contributed by atoms with Crippen molar-refractivity contribution in [2.24, 2.45) is 5.92 Å². The number of amides is 1. The number of nitriles is 2. The highest BCUT2D eigenvalue weighted by atomic mass is 32.2. The zero-order valence-corrected chi connectivity index (χ0v) is 18.6. The first kappa shape index (κ1) is 22.0. The van der Waals surface area contributed by atoms with Crippen LogP contribution in [-0.4, -0.2) is 38.7 Å². The summed E-state index contributed by atoms with van der Waals surface area (Å²) in [5, 5.41) is 25.0. The number of rotatable bonds is 6.